The number of hydrogen-bond acceptors (Lipinski definition) is 4. The highest BCUT2D eigenvalue weighted by atomic mass is 16.6. The third-order valence-electron chi connectivity index (χ3n) is 3.02. The van der Waals surface area contributed by atoms with Crippen LogP contribution in [0.2, 0.25) is 0 Å². The molecule has 1 aliphatic heterocycles. The molecule has 0 saturated carbocycles. The summed E-state index contributed by atoms with van der Waals surface area (Å²) in [6, 6.07) is 9.70. The minimum Gasteiger partial charge on any atom is -0.459 e. The molecule has 1 aliphatic rings. The molecule has 0 spiro atoms. The Morgan fingerprint density at radius 3 is 2.76 bits per heavy atom. The van der Waals surface area contributed by atoms with Crippen LogP contribution in [0.1, 0.15) is 24.9 Å². The number of cyclic esters (lactones) is 1. The van der Waals surface area contributed by atoms with Crippen LogP contribution in [-0.2, 0) is 9.53 Å². The maximum Gasteiger partial charge on any atom is 0.323 e. The first-order valence-electron chi connectivity index (χ1n) is 5.83. The van der Waals surface area contributed by atoms with Gasteiger partial charge in [0.25, 0.3) is 0 Å². The van der Waals surface area contributed by atoms with Crippen LogP contribution in [0.15, 0.2) is 30.3 Å². The number of esters is 1. The quantitative estimate of drug-likeness (QED) is 0.765. The van der Waals surface area contributed by atoms with Crippen LogP contribution in [0.4, 0.5) is 0 Å². The van der Waals surface area contributed by atoms with Gasteiger partial charge in [-0.3, -0.25) is 10.1 Å². The second kappa shape index (κ2) is 5.29. The molecule has 0 aliphatic carbocycles. The molecule has 2 N–H and O–H groups in total. The first kappa shape index (κ1) is 12.1. The molecule has 0 amide bonds. The minimum atomic E-state index is -0.358. The Morgan fingerprint density at radius 1 is 1.47 bits per heavy atom. The van der Waals surface area contributed by atoms with Crippen molar-refractivity contribution in [3.8, 4) is 0 Å². The molecule has 17 heavy (non-hydrogen) atoms. The Balaban J connectivity index is 1.95. The molecule has 92 valence electrons. The summed E-state index contributed by atoms with van der Waals surface area (Å²) in [6.07, 6.45) is 0.176. The lowest BCUT2D eigenvalue weighted by molar-refractivity contribution is -0.144. The second-order valence-corrected chi connectivity index (χ2v) is 4.33. The lowest BCUT2D eigenvalue weighted by atomic mass is 10.1. The normalized spacial score (nSPS) is 25.6. The predicted molar refractivity (Wildman–Crippen MR) is 63.4 cm³/mol. The third-order valence-corrected chi connectivity index (χ3v) is 3.02. The van der Waals surface area contributed by atoms with Crippen LogP contribution in [0.3, 0.4) is 0 Å². The Hall–Kier alpha value is -1.39. The molecule has 0 aromatic heterocycles. The van der Waals surface area contributed by atoms with Gasteiger partial charge in [0.1, 0.15) is 12.1 Å². The molecule has 1 aromatic carbocycles. The van der Waals surface area contributed by atoms with Gasteiger partial charge in [-0.05, 0) is 12.5 Å². The van der Waals surface area contributed by atoms with Crippen molar-refractivity contribution >= 4 is 5.97 Å². The average molecular weight is 235 g/mol. The summed E-state index contributed by atoms with van der Waals surface area (Å²) in [5.74, 6) is -0.271. The van der Waals surface area contributed by atoms with Crippen LogP contribution in [-0.4, -0.2) is 29.8 Å². The van der Waals surface area contributed by atoms with Gasteiger partial charge in [-0.1, -0.05) is 30.3 Å². The summed E-state index contributed by atoms with van der Waals surface area (Å²) < 4.78 is 5.01. The molecule has 4 heteroatoms. The summed E-state index contributed by atoms with van der Waals surface area (Å²) in [5.41, 5.74) is 1.13. The second-order valence-electron chi connectivity index (χ2n) is 4.33. The van der Waals surface area contributed by atoms with E-state index in [0.717, 1.165) is 5.56 Å². The maximum absolute atomic E-state index is 11.5. The van der Waals surface area contributed by atoms with Gasteiger partial charge in [0.05, 0.1) is 6.61 Å². The van der Waals surface area contributed by atoms with Gasteiger partial charge < -0.3 is 9.84 Å². The summed E-state index contributed by atoms with van der Waals surface area (Å²) in [7, 11) is 0. The van der Waals surface area contributed by atoms with Crippen LogP contribution in [0.25, 0.3) is 0 Å². The highest BCUT2D eigenvalue weighted by Gasteiger charge is 2.34. The molecular formula is C13H17NO3. The highest BCUT2D eigenvalue weighted by molar-refractivity contribution is 5.78. The fourth-order valence-corrected chi connectivity index (χ4v) is 2.04. The predicted octanol–water partition coefficient (Wildman–Crippen LogP) is 1.01. The van der Waals surface area contributed by atoms with E-state index in [1.165, 1.54) is 0 Å². The minimum absolute atomic E-state index is 0.0891. The van der Waals surface area contributed by atoms with Gasteiger partial charge in [-0.15, -0.1) is 0 Å². The van der Waals surface area contributed by atoms with Crippen molar-refractivity contribution in [2.24, 2.45) is 0 Å². The van der Waals surface area contributed by atoms with Gasteiger partial charge in [0, 0.05) is 12.5 Å². The van der Waals surface area contributed by atoms with Crippen molar-refractivity contribution in [1.29, 1.82) is 0 Å². The Labute approximate surface area is 101 Å². The van der Waals surface area contributed by atoms with Crippen LogP contribution < -0.4 is 5.32 Å². The lowest BCUT2D eigenvalue weighted by Crippen LogP contribution is -2.35. The Morgan fingerprint density at radius 2 is 2.18 bits per heavy atom. The van der Waals surface area contributed by atoms with E-state index < -0.39 is 0 Å². The molecular weight excluding hydrogens is 218 g/mol. The molecule has 2 rings (SSSR count). The average Bonchev–Trinajstić information content (AvgIpc) is 2.71. The van der Waals surface area contributed by atoms with E-state index in [1.807, 2.05) is 37.3 Å². The monoisotopic (exact) mass is 235 g/mol. The van der Waals surface area contributed by atoms with Crippen LogP contribution in [0, 0.1) is 0 Å². The summed E-state index contributed by atoms with van der Waals surface area (Å²) >= 11 is 0. The molecule has 1 saturated heterocycles. The Bertz CT molecular complexity index is 380. The highest BCUT2D eigenvalue weighted by Crippen LogP contribution is 2.19. The van der Waals surface area contributed by atoms with E-state index >= 15 is 0 Å². The van der Waals surface area contributed by atoms with E-state index in [0.29, 0.717) is 6.42 Å². The first-order valence-corrected chi connectivity index (χ1v) is 5.83. The zero-order valence-corrected chi connectivity index (χ0v) is 9.80. The van der Waals surface area contributed by atoms with Gasteiger partial charge in [0.2, 0.25) is 0 Å². The molecule has 1 aromatic rings. The number of carbonyl (C=O) groups is 1. The van der Waals surface area contributed by atoms with Crippen molar-refractivity contribution in [2.75, 3.05) is 6.61 Å². The molecule has 3 atom stereocenters. The van der Waals surface area contributed by atoms with Crippen molar-refractivity contribution < 1.29 is 14.6 Å². The fourth-order valence-electron chi connectivity index (χ4n) is 2.04. The largest absolute Gasteiger partial charge is 0.459 e. The van der Waals surface area contributed by atoms with E-state index in [1.54, 1.807) is 0 Å². The van der Waals surface area contributed by atoms with Crippen LogP contribution in [0.5, 0.6) is 0 Å². The van der Waals surface area contributed by atoms with Gasteiger partial charge in [-0.2, -0.15) is 0 Å². The van der Waals surface area contributed by atoms with Crippen molar-refractivity contribution in [3.05, 3.63) is 35.9 Å². The number of benzene rings is 1. The summed E-state index contributed by atoms with van der Waals surface area (Å²) in [4.78, 5) is 11.5. The number of aliphatic hydroxyl groups excluding tert-OH is 1. The number of carbonyl (C=O) groups excluding carboxylic acids is 1. The lowest BCUT2D eigenvalue weighted by Gasteiger charge is -2.17. The summed E-state index contributed by atoms with van der Waals surface area (Å²) in [6.45, 7) is 1.90. The SMILES string of the molecule is C[C@H](N[C@H]1C[C@H](CO)OC1=O)c1ccccc1. The van der Waals surface area contributed by atoms with E-state index in [9.17, 15) is 4.79 Å². The topological polar surface area (TPSA) is 58.6 Å². The van der Waals surface area contributed by atoms with Crippen LogP contribution >= 0.6 is 0 Å². The van der Waals surface area contributed by atoms with Crippen molar-refractivity contribution in [2.45, 2.75) is 31.5 Å². The zero-order chi connectivity index (χ0) is 12.3. The smallest absolute Gasteiger partial charge is 0.323 e. The molecule has 1 heterocycles. The molecule has 0 radical (unpaired) electrons. The van der Waals surface area contributed by atoms with Crippen molar-refractivity contribution in [3.63, 3.8) is 0 Å². The fraction of sp³-hybridized carbons (Fsp3) is 0.462. The number of nitrogens with one attached hydrogen (secondary N) is 1. The zero-order valence-electron chi connectivity index (χ0n) is 9.80. The van der Waals surface area contributed by atoms with Gasteiger partial charge in [0.15, 0.2) is 0 Å². The Kier molecular flexibility index (Phi) is 3.76. The van der Waals surface area contributed by atoms with Gasteiger partial charge >= 0.3 is 5.97 Å². The third kappa shape index (κ3) is 2.84. The van der Waals surface area contributed by atoms with Gasteiger partial charge in [-0.25, -0.2) is 0 Å². The standard InChI is InChI=1S/C13H17NO3/c1-9(10-5-3-2-4-6-10)14-12-7-11(8-15)17-13(12)16/h2-6,9,11-12,14-15H,7-8H2,1H3/t9-,11+,12-/m0/s1. The van der Waals surface area contributed by atoms with Crippen molar-refractivity contribution in [1.82, 2.24) is 5.32 Å². The molecule has 4 nitrogen and oxygen atoms in total. The molecule has 0 unspecified atom stereocenters. The number of aliphatic hydroxyl groups is 1. The number of hydrogen-bond donors (Lipinski definition) is 2. The molecule has 1 fully saturated rings. The van der Waals surface area contributed by atoms with E-state index in [4.69, 9.17) is 9.84 Å². The first-order chi connectivity index (χ1) is 8.20. The number of rotatable bonds is 4. The van der Waals surface area contributed by atoms with E-state index in [2.05, 4.69) is 5.32 Å². The van der Waals surface area contributed by atoms with E-state index in [-0.39, 0.29) is 30.8 Å². The summed E-state index contributed by atoms with van der Waals surface area (Å²) in [5, 5.41) is 12.2. The maximum atomic E-state index is 11.5. The number of ether oxygens (including phenoxy) is 1. The molecule has 0 bridgehead atoms.